The lowest BCUT2D eigenvalue weighted by molar-refractivity contribution is 0.934. The molecular formula is C18H16N6. The van der Waals surface area contributed by atoms with Crippen LogP contribution in [0.5, 0.6) is 0 Å². The van der Waals surface area contributed by atoms with Crippen molar-refractivity contribution in [3.05, 3.63) is 66.0 Å². The third kappa shape index (κ3) is 2.48. The van der Waals surface area contributed by atoms with Gasteiger partial charge in [0.2, 0.25) is 0 Å². The molecule has 6 nitrogen and oxygen atoms in total. The Bertz CT molecular complexity index is 1050. The number of nitrogens with zero attached hydrogens (tertiary/aromatic N) is 5. The Morgan fingerprint density at radius 1 is 1.04 bits per heavy atom. The van der Waals surface area contributed by atoms with Gasteiger partial charge in [-0.25, -0.2) is 0 Å². The molecule has 2 aromatic heterocycles. The van der Waals surface area contributed by atoms with E-state index in [4.69, 9.17) is 0 Å². The maximum Gasteiger partial charge on any atom is 0.185 e. The number of anilines is 1. The van der Waals surface area contributed by atoms with Crippen LogP contribution in [0.4, 0.5) is 5.82 Å². The Balaban J connectivity index is 1.75. The van der Waals surface area contributed by atoms with Crippen LogP contribution in [0.25, 0.3) is 16.4 Å². The van der Waals surface area contributed by atoms with Gasteiger partial charge in [0.15, 0.2) is 11.5 Å². The fourth-order valence-electron chi connectivity index (χ4n) is 2.61. The fourth-order valence-corrected chi connectivity index (χ4v) is 2.61. The Hall–Kier alpha value is -3.28. The first-order chi connectivity index (χ1) is 11.7. The number of benzene rings is 2. The maximum atomic E-state index is 4.52. The second-order valence-corrected chi connectivity index (χ2v) is 5.67. The molecule has 0 aliphatic rings. The van der Waals surface area contributed by atoms with Crippen LogP contribution in [0.3, 0.4) is 0 Å². The number of hydrogen-bond acceptors (Lipinski definition) is 5. The minimum atomic E-state index is 0.671. The first-order valence-electron chi connectivity index (χ1n) is 7.68. The molecule has 0 radical (unpaired) electrons. The molecule has 2 heterocycles. The average Bonchev–Trinajstić information content (AvgIpc) is 3.08. The molecule has 118 valence electrons. The second kappa shape index (κ2) is 5.73. The number of nitrogens with one attached hydrogen (secondary N) is 1. The third-order valence-corrected chi connectivity index (χ3v) is 3.96. The SMILES string of the molecule is CC(=NNc1nn2cnnc2c2ccccc12)c1ccc(C)cc1. The van der Waals surface area contributed by atoms with Gasteiger partial charge in [-0.2, -0.15) is 9.62 Å². The zero-order valence-electron chi connectivity index (χ0n) is 13.4. The molecule has 0 saturated heterocycles. The summed E-state index contributed by atoms with van der Waals surface area (Å²) in [5.41, 5.74) is 7.01. The summed E-state index contributed by atoms with van der Waals surface area (Å²) in [5, 5.41) is 19.0. The summed E-state index contributed by atoms with van der Waals surface area (Å²) in [4.78, 5) is 0. The molecule has 4 rings (SSSR count). The zero-order valence-corrected chi connectivity index (χ0v) is 13.4. The molecule has 0 saturated carbocycles. The monoisotopic (exact) mass is 316 g/mol. The summed E-state index contributed by atoms with van der Waals surface area (Å²) in [6, 6.07) is 16.2. The number of fused-ring (bicyclic) bond motifs is 3. The van der Waals surface area contributed by atoms with E-state index in [1.807, 2.05) is 31.2 Å². The van der Waals surface area contributed by atoms with Gasteiger partial charge >= 0.3 is 0 Å². The minimum Gasteiger partial charge on any atom is -0.259 e. The Labute approximate surface area is 138 Å². The first-order valence-corrected chi connectivity index (χ1v) is 7.68. The molecule has 24 heavy (non-hydrogen) atoms. The van der Waals surface area contributed by atoms with Gasteiger partial charge in [0.1, 0.15) is 6.33 Å². The molecule has 0 aliphatic heterocycles. The van der Waals surface area contributed by atoms with Crippen molar-refractivity contribution in [2.45, 2.75) is 13.8 Å². The number of aryl methyl sites for hydroxylation is 1. The van der Waals surface area contributed by atoms with E-state index >= 15 is 0 Å². The van der Waals surface area contributed by atoms with E-state index in [9.17, 15) is 0 Å². The first kappa shape index (κ1) is 14.3. The molecule has 0 spiro atoms. The normalized spacial score (nSPS) is 12.0. The lowest BCUT2D eigenvalue weighted by Gasteiger charge is -2.07. The van der Waals surface area contributed by atoms with E-state index in [1.54, 1.807) is 10.8 Å². The van der Waals surface area contributed by atoms with Gasteiger partial charge in [-0.15, -0.1) is 15.3 Å². The summed E-state index contributed by atoms with van der Waals surface area (Å²) >= 11 is 0. The average molecular weight is 316 g/mol. The van der Waals surface area contributed by atoms with E-state index in [1.165, 1.54) is 5.56 Å². The van der Waals surface area contributed by atoms with Crippen molar-refractivity contribution in [2.24, 2.45) is 5.10 Å². The highest BCUT2D eigenvalue weighted by Crippen LogP contribution is 2.23. The Morgan fingerprint density at radius 3 is 2.58 bits per heavy atom. The number of aromatic nitrogens is 4. The summed E-state index contributed by atoms with van der Waals surface area (Å²) in [7, 11) is 0. The zero-order chi connectivity index (χ0) is 16.5. The van der Waals surface area contributed by atoms with Gasteiger partial charge in [-0.05, 0) is 19.4 Å². The summed E-state index contributed by atoms with van der Waals surface area (Å²) in [6.45, 7) is 4.04. The number of hydrogen-bond donors (Lipinski definition) is 1. The molecule has 0 unspecified atom stereocenters. The van der Waals surface area contributed by atoms with E-state index in [0.717, 1.165) is 27.7 Å². The molecule has 0 amide bonds. The van der Waals surface area contributed by atoms with Crippen LogP contribution in [-0.2, 0) is 0 Å². The third-order valence-electron chi connectivity index (χ3n) is 3.96. The van der Waals surface area contributed by atoms with Crippen molar-refractivity contribution in [1.82, 2.24) is 19.8 Å². The largest absolute Gasteiger partial charge is 0.259 e. The Morgan fingerprint density at radius 2 is 1.79 bits per heavy atom. The van der Waals surface area contributed by atoms with Crippen molar-refractivity contribution in [3.63, 3.8) is 0 Å². The van der Waals surface area contributed by atoms with E-state index < -0.39 is 0 Å². The molecule has 2 aromatic carbocycles. The maximum absolute atomic E-state index is 4.52. The van der Waals surface area contributed by atoms with Gasteiger partial charge < -0.3 is 0 Å². The van der Waals surface area contributed by atoms with Gasteiger partial charge in [0.05, 0.1) is 5.71 Å². The summed E-state index contributed by atoms with van der Waals surface area (Å²) in [5.74, 6) is 0.671. The smallest absolute Gasteiger partial charge is 0.185 e. The van der Waals surface area contributed by atoms with Crippen molar-refractivity contribution in [1.29, 1.82) is 0 Å². The van der Waals surface area contributed by atoms with Crippen molar-refractivity contribution in [3.8, 4) is 0 Å². The van der Waals surface area contributed by atoms with Crippen molar-refractivity contribution in [2.75, 3.05) is 5.43 Å². The molecule has 0 fully saturated rings. The molecule has 4 aromatic rings. The van der Waals surface area contributed by atoms with Gasteiger partial charge in [0, 0.05) is 10.8 Å². The van der Waals surface area contributed by atoms with Crippen molar-refractivity contribution < 1.29 is 0 Å². The number of hydrazone groups is 1. The van der Waals surface area contributed by atoms with Crippen molar-refractivity contribution >= 4 is 27.9 Å². The van der Waals surface area contributed by atoms with E-state index in [2.05, 4.69) is 57.0 Å². The predicted molar refractivity (Wildman–Crippen MR) is 95.3 cm³/mol. The molecular weight excluding hydrogens is 300 g/mol. The quantitative estimate of drug-likeness (QED) is 0.464. The molecule has 6 heteroatoms. The van der Waals surface area contributed by atoms with Crippen LogP contribution in [0.2, 0.25) is 0 Å². The topological polar surface area (TPSA) is 67.5 Å². The van der Waals surface area contributed by atoms with Crippen LogP contribution in [0, 0.1) is 6.92 Å². The molecule has 0 atom stereocenters. The van der Waals surface area contributed by atoms with E-state index in [0.29, 0.717) is 5.82 Å². The lowest BCUT2D eigenvalue weighted by atomic mass is 10.1. The van der Waals surface area contributed by atoms with Crippen LogP contribution in [0.15, 0.2) is 60.0 Å². The van der Waals surface area contributed by atoms with Gasteiger partial charge in [0.25, 0.3) is 0 Å². The van der Waals surface area contributed by atoms with E-state index in [-0.39, 0.29) is 0 Å². The summed E-state index contributed by atoms with van der Waals surface area (Å²) in [6.07, 6.45) is 1.59. The van der Waals surface area contributed by atoms with Crippen LogP contribution in [0.1, 0.15) is 18.1 Å². The fraction of sp³-hybridized carbons (Fsp3) is 0.111. The van der Waals surface area contributed by atoms with Crippen LogP contribution in [-0.4, -0.2) is 25.5 Å². The highest BCUT2D eigenvalue weighted by atomic mass is 15.4. The van der Waals surface area contributed by atoms with Crippen LogP contribution >= 0.6 is 0 Å². The lowest BCUT2D eigenvalue weighted by Crippen LogP contribution is -2.04. The highest BCUT2D eigenvalue weighted by molar-refractivity contribution is 6.01. The van der Waals surface area contributed by atoms with Gasteiger partial charge in [-0.3, -0.25) is 5.43 Å². The summed E-state index contributed by atoms with van der Waals surface area (Å²) < 4.78 is 1.65. The number of rotatable bonds is 3. The standard InChI is InChI=1S/C18H16N6/c1-12-7-9-14(10-8-12)13(2)20-21-17-15-5-3-4-6-16(15)18-22-19-11-24(18)23-17/h3-11H,1-2H3,(H,21,23). The predicted octanol–water partition coefficient (Wildman–Crippen LogP) is 3.42. The molecule has 1 N–H and O–H groups in total. The Kier molecular flexibility index (Phi) is 3.42. The molecule has 0 aliphatic carbocycles. The van der Waals surface area contributed by atoms with Crippen LogP contribution < -0.4 is 5.43 Å². The minimum absolute atomic E-state index is 0.671. The van der Waals surface area contributed by atoms with Gasteiger partial charge in [-0.1, -0.05) is 54.1 Å². The molecule has 0 bridgehead atoms. The second-order valence-electron chi connectivity index (χ2n) is 5.67. The highest BCUT2D eigenvalue weighted by Gasteiger charge is 2.09.